The summed E-state index contributed by atoms with van der Waals surface area (Å²) in [7, 11) is -3.42. The summed E-state index contributed by atoms with van der Waals surface area (Å²) in [5.41, 5.74) is 6.35. The Kier molecular flexibility index (Phi) is 4.95. The van der Waals surface area contributed by atoms with E-state index < -0.39 is 10.0 Å². The fraction of sp³-hybridized carbons (Fsp3) is 0.364. The average Bonchev–Trinajstić information content (AvgIpc) is 2.18. The molecule has 7 heteroatoms. The molecule has 0 unspecified atom stereocenters. The SMILES string of the molecule is CC(C)CS(=O)(=O)Nc1cc(C(N)=S)ccc1Cl. The summed E-state index contributed by atoms with van der Waals surface area (Å²) >= 11 is 10.8. The van der Waals surface area contributed by atoms with Gasteiger partial charge in [0.1, 0.15) is 4.99 Å². The smallest absolute Gasteiger partial charge is 0.233 e. The molecule has 1 rings (SSSR count). The molecular formula is C11H15ClN2O2S2. The van der Waals surface area contributed by atoms with Crippen LogP contribution in [-0.4, -0.2) is 19.2 Å². The lowest BCUT2D eigenvalue weighted by atomic mass is 10.2. The Morgan fingerprint density at radius 1 is 1.50 bits per heavy atom. The maximum atomic E-state index is 11.8. The van der Waals surface area contributed by atoms with Crippen molar-refractivity contribution in [1.82, 2.24) is 0 Å². The standard InChI is InChI=1S/C11H15ClN2O2S2/c1-7(2)6-18(15,16)14-10-5-8(11(13)17)3-4-9(10)12/h3-5,7,14H,6H2,1-2H3,(H2,13,17). The van der Waals surface area contributed by atoms with Gasteiger partial charge in [0.05, 0.1) is 16.5 Å². The third-order valence-corrected chi connectivity index (χ3v) is 4.27. The molecule has 0 fully saturated rings. The van der Waals surface area contributed by atoms with Crippen molar-refractivity contribution in [3.05, 3.63) is 28.8 Å². The number of nitrogens with two attached hydrogens (primary N) is 1. The third kappa shape index (κ3) is 4.44. The number of rotatable bonds is 5. The Hall–Kier alpha value is -0.850. The number of halogens is 1. The summed E-state index contributed by atoms with van der Waals surface area (Å²) in [4.78, 5) is 0.191. The van der Waals surface area contributed by atoms with Gasteiger partial charge in [0.25, 0.3) is 0 Å². The van der Waals surface area contributed by atoms with Crippen molar-refractivity contribution in [2.45, 2.75) is 13.8 Å². The molecule has 0 aromatic heterocycles. The van der Waals surface area contributed by atoms with Crippen LogP contribution < -0.4 is 10.5 Å². The van der Waals surface area contributed by atoms with E-state index in [1.807, 2.05) is 13.8 Å². The maximum Gasteiger partial charge on any atom is 0.233 e. The molecule has 18 heavy (non-hydrogen) atoms. The number of hydrogen-bond acceptors (Lipinski definition) is 3. The molecule has 0 aliphatic rings. The van der Waals surface area contributed by atoms with Gasteiger partial charge in [-0.15, -0.1) is 0 Å². The van der Waals surface area contributed by atoms with Gasteiger partial charge in [0.15, 0.2) is 0 Å². The molecule has 1 aromatic rings. The van der Waals surface area contributed by atoms with Gasteiger partial charge in [0.2, 0.25) is 10.0 Å². The molecule has 3 N–H and O–H groups in total. The second kappa shape index (κ2) is 5.86. The summed E-state index contributed by atoms with van der Waals surface area (Å²) in [5, 5.41) is 0.308. The van der Waals surface area contributed by atoms with Gasteiger partial charge in [-0.1, -0.05) is 43.7 Å². The lowest BCUT2D eigenvalue weighted by Gasteiger charge is -2.12. The topological polar surface area (TPSA) is 72.2 Å². The van der Waals surface area contributed by atoms with E-state index in [0.717, 1.165) is 0 Å². The van der Waals surface area contributed by atoms with E-state index in [0.29, 0.717) is 16.3 Å². The van der Waals surface area contributed by atoms with E-state index in [1.165, 1.54) is 6.07 Å². The van der Waals surface area contributed by atoms with E-state index in [4.69, 9.17) is 29.6 Å². The monoisotopic (exact) mass is 306 g/mol. The number of nitrogens with one attached hydrogen (secondary N) is 1. The maximum absolute atomic E-state index is 11.8. The Morgan fingerprint density at radius 3 is 2.61 bits per heavy atom. The van der Waals surface area contributed by atoms with Crippen LogP contribution >= 0.6 is 23.8 Å². The molecule has 4 nitrogen and oxygen atoms in total. The Bertz CT molecular complexity index is 556. The van der Waals surface area contributed by atoms with E-state index in [9.17, 15) is 8.42 Å². The molecule has 0 aliphatic heterocycles. The van der Waals surface area contributed by atoms with Crippen LogP contribution in [0.1, 0.15) is 19.4 Å². The summed E-state index contributed by atoms with van der Waals surface area (Å²) in [5.74, 6) is 0.0562. The van der Waals surface area contributed by atoms with E-state index in [1.54, 1.807) is 12.1 Å². The fourth-order valence-electron chi connectivity index (χ4n) is 1.40. The second-order valence-electron chi connectivity index (χ2n) is 4.34. The Balaban J connectivity index is 3.04. The van der Waals surface area contributed by atoms with Crippen LogP contribution in [-0.2, 0) is 10.0 Å². The van der Waals surface area contributed by atoms with Crippen molar-refractivity contribution in [1.29, 1.82) is 0 Å². The third-order valence-electron chi connectivity index (χ3n) is 2.07. The van der Waals surface area contributed by atoms with E-state index >= 15 is 0 Å². The molecular weight excluding hydrogens is 292 g/mol. The highest BCUT2D eigenvalue weighted by Crippen LogP contribution is 2.24. The van der Waals surface area contributed by atoms with Crippen molar-refractivity contribution < 1.29 is 8.42 Å². The van der Waals surface area contributed by atoms with Crippen LogP contribution in [0.15, 0.2) is 18.2 Å². The predicted molar refractivity (Wildman–Crippen MR) is 79.6 cm³/mol. The minimum atomic E-state index is -3.42. The van der Waals surface area contributed by atoms with Gasteiger partial charge in [-0.3, -0.25) is 4.72 Å². The lowest BCUT2D eigenvalue weighted by molar-refractivity contribution is 0.587. The van der Waals surface area contributed by atoms with Gasteiger partial charge in [-0.05, 0) is 18.1 Å². The number of hydrogen-bond donors (Lipinski definition) is 2. The summed E-state index contributed by atoms with van der Waals surface area (Å²) in [6, 6.07) is 4.73. The molecule has 0 bridgehead atoms. The fourth-order valence-corrected chi connectivity index (χ4v) is 3.22. The normalized spacial score (nSPS) is 11.6. The van der Waals surface area contributed by atoms with E-state index in [-0.39, 0.29) is 16.7 Å². The van der Waals surface area contributed by atoms with Crippen molar-refractivity contribution >= 4 is 44.5 Å². The quantitative estimate of drug-likeness (QED) is 0.819. The zero-order valence-corrected chi connectivity index (χ0v) is 12.5. The first-order valence-corrected chi connectivity index (χ1v) is 7.75. The summed E-state index contributed by atoms with van der Waals surface area (Å²) in [6.07, 6.45) is 0. The molecule has 0 radical (unpaired) electrons. The van der Waals surface area contributed by atoms with Gasteiger partial charge in [-0.25, -0.2) is 8.42 Å². The number of thiocarbonyl (C=S) groups is 1. The molecule has 100 valence electrons. The van der Waals surface area contributed by atoms with Crippen molar-refractivity contribution in [3.63, 3.8) is 0 Å². The van der Waals surface area contributed by atoms with E-state index in [2.05, 4.69) is 4.72 Å². The van der Waals surface area contributed by atoms with Gasteiger partial charge >= 0.3 is 0 Å². The predicted octanol–water partition coefficient (Wildman–Crippen LogP) is 2.37. The van der Waals surface area contributed by atoms with Crippen LogP contribution in [0.2, 0.25) is 5.02 Å². The van der Waals surface area contributed by atoms with Gasteiger partial charge in [0, 0.05) is 5.56 Å². The number of sulfonamides is 1. The van der Waals surface area contributed by atoms with Gasteiger partial charge < -0.3 is 5.73 Å². The number of benzene rings is 1. The zero-order valence-electron chi connectivity index (χ0n) is 10.1. The highest BCUT2D eigenvalue weighted by atomic mass is 35.5. The van der Waals surface area contributed by atoms with Crippen molar-refractivity contribution in [2.75, 3.05) is 10.5 Å². The van der Waals surface area contributed by atoms with Crippen molar-refractivity contribution in [3.8, 4) is 0 Å². The molecule has 0 saturated carbocycles. The first-order valence-electron chi connectivity index (χ1n) is 5.31. The Labute approximate surface area is 118 Å². The highest BCUT2D eigenvalue weighted by Gasteiger charge is 2.15. The summed E-state index contributed by atoms with van der Waals surface area (Å²) < 4.78 is 26.1. The molecule has 0 saturated heterocycles. The minimum absolute atomic E-state index is 0.0278. The molecule has 1 aromatic carbocycles. The van der Waals surface area contributed by atoms with Crippen LogP contribution in [0.3, 0.4) is 0 Å². The molecule has 0 amide bonds. The van der Waals surface area contributed by atoms with Crippen molar-refractivity contribution in [2.24, 2.45) is 11.7 Å². The Morgan fingerprint density at radius 2 is 2.11 bits per heavy atom. The number of anilines is 1. The molecule has 0 atom stereocenters. The first-order chi connectivity index (χ1) is 8.21. The van der Waals surface area contributed by atoms with Crippen LogP contribution in [0.4, 0.5) is 5.69 Å². The minimum Gasteiger partial charge on any atom is -0.389 e. The molecule has 0 heterocycles. The zero-order chi connectivity index (χ0) is 13.9. The van der Waals surface area contributed by atoms with Crippen LogP contribution in [0.25, 0.3) is 0 Å². The summed E-state index contributed by atoms with van der Waals surface area (Å²) in [6.45, 7) is 3.65. The highest BCUT2D eigenvalue weighted by molar-refractivity contribution is 7.92. The van der Waals surface area contributed by atoms with Crippen LogP contribution in [0.5, 0.6) is 0 Å². The largest absolute Gasteiger partial charge is 0.389 e. The lowest BCUT2D eigenvalue weighted by Crippen LogP contribution is -2.20. The molecule has 0 spiro atoms. The molecule has 0 aliphatic carbocycles. The van der Waals surface area contributed by atoms with Crippen LogP contribution in [0, 0.1) is 5.92 Å². The van der Waals surface area contributed by atoms with Gasteiger partial charge in [-0.2, -0.15) is 0 Å². The second-order valence-corrected chi connectivity index (χ2v) is 6.95. The first kappa shape index (κ1) is 15.2. The average molecular weight is 307 g/mol.